The van der Waals surface area contributed by atoms with Gasteiger partial charge in [0.25, 0.3) is 0 Å². The average molecular weight is 229 g/mol. The molecule has 0 bridgehead atoms. The summed E-state index contributed by atoms with van der Waals surface area (Å²) in [5.74, 6) is 1.57. The molecule has 3 nitrogen and oxygen atoms in total. The van der Waals surface area contributed by atoms with Gasteiger partial charge in [-0.15, -0.1) is 0 Å². The summed E-state index contributed by atoms with van der Waals surface area (Å²) in [4.78, 5) is 0. The lowest BCUT2D eigenvalue weighted by Gasteiger charge is -2.13. The Bertz CT molecular complexity index is 473. The number of hydrogen-bond acceptors (Lipinski definition) is 2. The van der Waals surface area contributed by atoms with E-state index in [-0.39, 0.29) is 0 Å². The molecule has 1 atom stereocenters. The summed E-state index contributed by atoms with van der Waals surface area (Å²) in [6, 6.07) is 12.6. The average Bonchev–Trinajstić information content (AvgIpc) is 2.66. The number of aryl methyl sites for hydroxylation is 2. The fraction of sp³-hybridized carbons (Fsp3) is 0.357. The number of benzene rings is 1. The van der Waals surface area contributed by atoms with Crippen LogP contribution < -0.4 is 5.32 Å². The van der Waals surface area contributed by atoms with E-state index in [2.05, 4.69) is 47.7 Å². The molecule has 0 amide bonds. The van der Waals surface area contributed by atoms with Crippen LogP contribution in [0.4, 0.5) is 5.82 Å². The van der Waals surface area contributed by atoms with Crippen molar-refractivity contribution in [2.75, 3.05) is 11.9 Å². The maximum Gasteiger partial charge on any atom is 0.124 e. The molecule has 0 aliphatic carbocycles. The molecule has 3 heteroatoms. The molecule has 0 unspecified atom stereocenters. The van der Waals surface area contributed by atoms with Crippen molar-refractivity contribution in [1.82, 2.24) is 9.78 Å². The van der Waals surface area contributed by atoms with E-state index in [1.54, 1.807) is 0 Å². The third kappa shape index (κ3) is 2.87. The predicted molar refractivity (Wildman–Crippen MR) is 71.3 cm³/mol. The van der Waals surface area contributed by atoms with Gasteiger partial charge in [0.15, 0.2) is 0 Å². The summed E-state index contributed by atoms with van der Waals surface area (Å²) >= 11 is 0. The highest BCUT2D eigenvalue weighted by Crippen LogP contribution is 2.16. The van der Waals surface area contributed by atoms with Crippen molar-refractivity contribution in [3.05, 3.63) is 47.7 Å². The summed E-state index contributed by atoms with van der Waals surface area (Å²) < 4.78 is 1.88. The minimum atomic E-state index is 0.492. The lowest BCUT2D eigenvalue weighted by molar-refractivity contribution is 0.740. The summed E-state index contributed by atoms with van der Waals surface area (Å²) in [6.45, 7) is 5.15. The van der Waals surface area contributed by atoms with Gasteiger partial charge in [-0.1, -0.05) is 37.3 Å². The van der Waals surface area contributed by atoms with Crippen molar-refractivity contribution in [2.24, 2.45) is 7.05 Å². The number of aromatic nitrogens is 2. The van der Waals surface area contributed by atoms with Gasteiger partial charge in [0, 0.05) is 19.7 Å². The number of anilines is 1. The second kappa shape index (κ2) is 5.04. The van der Waals surface area contributed by atoms with E-state index in [9.17, 15) is 0 Å². The zero-order valence-electron chi connectivity index (χ0n) is 10.6. The van der Waals surface area contributed by atoms with E-state index >= 15 is 0 Å². The molecular formula is C14H19N3. The van der Waals surface area contributed by atoms with E-state index in [4.69, 9.17) is 0 Å². The highest BCUT2D eigenvalue weighted by atomic mass is 15.3. The molecule has 1 heterocycles. The van der Waals surface area contributed by atoms with E-state index in [1.165, 1.54) is 5.56 Å². The van der Waals surface area contributed by atoms with Crippen molar-refractivity contribution >= 4 is 5.82 Å². The topological polar surface area (TPSA) is 29.9 Å². The monoisotopic (exact) mass is 229 g/mol. The first-order valence-electron chi connectivity index (χ1n) is 5.96. The Morgan fingerprint density at radius 3 is 2.59 bits per heavy atom. The van der Waals surface area contributed by atoms with Crippen LogP contribution >= 0.6 is 0 Å². The summed E-state index contributed by atoms with van der Waals surface area (Å²) in [6.07, 6.45) is 0. The van der Waals surface area contributed by atoms with Gasteiger partial charge >= 0.3 is 0 Å². The molecule has 0 aliphatic rings. The Balaban J connectivity index is 1.97. The second-order valence-electron chi connectivity index (χ2n) is 4.49. The standard InChI is InChI=1S/C14H19N3/c1-11(13-7-5-4-6-8-13)10-15-14-9-12(2)16-17(14)3/h4-9,11,15H,10H2,1-3H3/t11-/m0/s1. The Labute approximate surface area is 102 Å². The first-order chi connectivity index (χ1) is 8.16. The van der Waals surface area contributed by atoms with Crippen LogP contribution in [0.25, 0.3) is 0 Å². The summed E-state index contributed by atoms with van der Waals surface area (Å²) in [5.41, 5.74) is 2.40. The van der Waals surface area contributed by atoms with Crippen LogP contribution in [0.5, 0.6) is 0 Å². The molecular weight excluding hydrogens is 210 g/mol. The molecule has 90 valence electrons. The molecule has 0 spiro atoms. The van der Waals surface area contributed by atoms with Crippen LogP contribution in [0.1, 0.15) is 24.1 Å². The Morgan fingerprint density at radius 1 is 1.29 bits per heavy atom. The molecule has 0 fully saturated rings. The molecule has 0 radical (unpaired) electrons. The first kappa shape index (κ1) is 11.7. The number of hydrogen-bond donors (Lipinski definition) is 1. The molecule has 17 heavy (non-hydrogen) atoms. The lowest BCUT2D eigenvalue weighted by Crippen LogP contribution is -2.12. The van der Waals surface area contributed by atoms with Crippen LogP contribution in [0.3, 0.4) is 0 Å². The van der Waals surface area contributed by atoms with Crippen molar-refractivity contribution in [3.8, 4) is 0 Å². The third-order valence-electron chi connectivity index (χ3n) is 2.96. The van der Waals surface area contributed by atoms with Crippen molar-refractivity contribution in [2.45, 2.75) is 19.8 Å². The Morgan fingerprint density at radius 2 is 2.00 bits per heavy atom. The first-order valence-corrected chi connectivity index (χ1v) is 5.96. The molecule has 1 aromatic carbocycles. The smallest absolute Gasteiger partial charge is 0.124 e. The maximum atomic E-state index is 4.32. The van der Waals surface area contributed by atoms with Gasteiger partial charge in [0.2, 0.25) is 0 Å². The highest BCUT2D eigenvalue weighted by Gasteiger charge is 2.06. The van der Waals surface area contributed by atoms with Gasteiger partial charge in [-0.05, 0) is 18.4 Å². The van der Waals surface area contributed by atoms with Crippen LogP contribution in [0.2, 0.25) is 0 Å². The molecule has 1 N–H and O–H groups in total. The molecule has 2 aromatic rings. The predicted octanol–water partition coefficient (Wildman–Crippen LogP) is 2.94. The van der Waals surface area contributed by atoms with Crippen molar-refractivity contribution in [1.29, 1.82) is 0 Å². The summed E-state index contributed by atoms with van der Waals surface area (Å²) in [5, 5.41) is 7.75. The molecule has 0 saturated carbocycles. The third-order valence-corrected chi connectivity index (χ3v) is 2.96. The minimum absolute atomic E-state index is 0.492. The van der Waals surface area contributed by atoms with Gasteiger partial charge in [0.1, 0.15) is 5.82 Å². The molecule has 0 aliphatic heterocycles. The van der Waals surface area contributed by atoms with Crippen molar-refractivity contribution in [3.63, 3.8) is 0 Å². The van der Waals surface area contributed by atoms with E-state index < -0.39 is 0 Å². The van der Waals surface area contributed by atoms with Gasteiger partial charge in [0.05, 0.1) is 5.69 Å². The lowest BCUT2D eigenvalue weighted by atomic mass is 10.0. The quantitative estimate of drug-likeness (QED) is 0.873. The van der Waals surface area contributed by atoms with Gasteiger partial charge < -0.3 is 5.32 Å². The fourth-order valence-corrected chi connectivity index (χ4v) is 1.93. The number of nitrogens with zero attached hydrogens (tertiary/aromatic N) is 2. The van der Waals surface area contributed by atoms with Crippen LogP contribution in [0, 0.1) is 6.92 Å². The molecule has 0 saturated heterocycles. The number of nitrogens with one attached hydrogen (secondary N) is 1. The molecule has 2 rings (SSSR count). The Kier molecular flexibility index (Phi) is 3.47. The van der Waals surface area contributed by atoms with Crippen LogP contribution in [-0.2, 0) is 7.05 Å². The zero-order valence-corrected chi connectivity index (χ0v) is 10.6. The van der Waals surface area contributed by atoms with Crippen LogP contribution in [0.15, 0.2) is 36.4 Å². The van der Waals surface area contributed by atoms with Gasteiger partial charge in [-0.25, -0.2) is 0 Å². The summed E-state index contributed by atoms with van der Waals surface area (Å²) in [7, 11) is 1.96. The fourth-order valence-electron chi connectivity index (χ4n) is 1.93. The minimum Gasteiger partial charge on any atom is -0.370 e. The second-order valence-corrected chi connectivity index (χ2v) is 4.49. The molecule has 1 aromatic heterocycles. The highest BCUT2D eigenvalue weighted by molar-refractivity contribution is 5.37. The maximum absolute atomic E-state index is 4.32. The van der Waals surface area contributed by atoms with E-state index in [1.807, 2.05) is 24.7 Å². The Hall–Kier alpha value is -1.77. The zero-order chi connectivity index (χ0) is 12.3. The van der Waals surface area contributed by atoms with Gasteiger partial charge in [-0.2, -0.15) is 5.10 Å². The van der Waals surface area contributed by atoms with E-state index in [0.29, 0.717) is 5.92 Å². The normalized spacial score (nSPS) is 12.4. The SMILES string of the molecule is Cc1cc(NC[C@H](C)c2ccccc2)n(C)n1. The van der Waals surface area contributed by atoms with Crippen LogP contribution in [-0.4, -0.2) is 16.3 Å². The largest absolute Gasteiger partial charge is 0.370 e. The van der Waals surface area contributed by atoms with Crippen molar-refractivity contribution < 1.29 is 0 Å². The van der Waals surface area contributed by atoms with E-state index in [0.717, 1.165) is 18.1 Å². The van der Waals surface area contributed by atoms with Gasteiger partial charge in [-0.3, -0.25) is 4.68 Å². The number of rotatable bonds is 4.